The van der Waals surface area contributed by atoms with Gasteiger partial charge in [0.25, 0.3) is 5.91 Å². The molecule has 2 aromatic rings. The van der Waals surface area contributed by atoms with Gasteiger partial charge in [-0.25, -0.2) is 0 Å². The summed E-state index contributed by atoms with van der Waals surface area (Å²) in [5, 5.41) is 11.5. The van der Waals surface area contributed by atoms with Crippen LogP contribution in [-0.4, -0.2) is 63.8 Å². The van der Waals surface area contributed by atoms with Crippen LogP contribution >= 0.6 is 15.9 Å². The fourth-order valence-electron chi connectivity index (χ4n) is 4.62. The van der Waals surface area contributed by atoms with E-state index in [2.05, 4.69) is 48.3 Å². The van der Waals surface area contributed by atoms with Crippen molar-refractivity contribution < 1.29 is 9.32 Å². The fraction of sp³-hybridized carbons (Fsp3) is 0.550. The Morgan fingerprint density at radius 3 is 2.93 bits per heavy atom. The number of fused-ring (bicyclic) bond motifs is 2. The highest BCUT2D eigenvalue weighted by Crippen LogP contribution is 2.33. The van der Waals surface area contributed by atoms with Crippen molar-refractivity contribution in [3.05, 3.63) is 39.0 Å². The predicted molar refractivity (Wildman–Crippen MR) is 108 cm³/mol. The van der Waals surface area contributed by atoms with Crippen LogP contribution in [0, 0.1) is 0 Å². The number of carbonyl (C=O) groups excluding carboxylic acids is 1. The van der Waals surface area contributed by atoms with Crippen molar-refractivity contribution in [1.29, 1.82) is 0 Å². The van der Waals surface area contributed by atoms with Crippen LogP contribution < -0.4 is 0 Å². The maximum atomic E-state index is 12.7. The molecule has 1 N–H and O–H groups in total. The standard InChI is InChI=1S/C20H24BrN5O2/c21-19-17-15(22-23-19)7-10-26(20(17)27)12-11-25-8-5-13(6-9-25)18-14-3-1-2-4-16(14)28-24-18/h2,4,13H,1,3,5-12H2,(H,22,23). The molecule has 0 saturated carbocycles. The Morgan fingerprint density at radius 1 is 1.21 bits per heavy atom. The fourth-order valence-corrected chi connectivity index (χ4v) is 5.12. The molecule has 5 rings (SSSR count). The third-order valence-corrected chi connectivity index (χ3v) is 6.84. The molecule has 0 aromatic carbocycles. The van der Waals surface area contributed by atoms with Crippen LogP contribution in [0.4, 0.5) is 0 Å². The van der Waals surface area contributed by atoms with Gasteiger partial charge >= 0.3 is 0 Å². The van der Waals surface area contributed by atoms with Gasteiger partial charge < -0.3 is 14.3 Å². The average Bonchev–Trinajstić information content (AvgIpc) is 3.32. The third-order valence-electron chi connectivity index (χ3n) is 6.27. The highest BCUT2D eigenvalue weighted by atomic mass is 79.9. The third kappa shape index (κ3) is 3.22. The summed E-state index contributed by atoms with van der Waals surface area (Å²) < 4.78 is 6.16. The number of allylic oxidation sites excluding steroid dienone is 1. The van der Waals surface area contributed by atoms with Crippen LogP contribution in [0.3, 0.4) is 0 Å². The summed E-state index contributed by atoms with van der Waals surface area (Å²) in [6.45, 7) is 4.54. The Bertz CT molecular complexity index is 910. The van der Waals surface area contributed by atoms with Gasteiger partial charge in [0.2, 0.25) is 0 Å². The maximum Gasteiger partial charge on any atom is 0.258 e. The molecule has 0 atom stereocenters. The van der Waals surface area contributed by atoms with E-state index in [9.17, 15) is 4.79 Å². The van der Waals surface area contributed by atoms with Gasteiger partial charge in [-0.15, -0.1) is 0 Å². The second kappa shape index (κ2) is 7.48. The Balaban J connectivity index is 1.15. The lowest BCUT2D eigenvalue weighted by atomic mass is 9.88. The molecule has 0 unspecified atom stereocenters. The van der Waals surface area contributed by atoms with Crippen molar-refractivity contribution in [3.63, 3.8) is 0 Å². The number of aromatic amines is 1. The zero-order valence-electron chi connectivity index (χ0n) is 15.8. The number of likely N-dealkylation sites (tertiary alicyclic amines) is 1. The smallest absolute Gasteiger partial charge is 0.258 e. The number of hydrogen-bond donors (Lipinski definition) is 1. The van der Waals surface area contributed by atoms with Gasteiger partial charge in [0.1, 0.15) is 4.60 Å². The maximum absolute atomic E-state index is 12.7. The van der Waals surface area contributed by atoms with E-state index in [0.29, 0.717) is 16.1 Å². The molecule has 2 aromatic heterocycles. The molecule has 0 spiro atoms. The van der Waals surface area contributed by atoms with E-state index in [-0.39, 0.29) is 5.91 Å². The lowest BCUT2D eigenvalue weighted by Crippen LogP contribution is -2.44. The molecular formula is C20H24BrN5O2. The largest absolute Gasteiger partial charge is 0.356 e. The minimum Gasteiger partial charge on any atom is -0.356 e. The second-order valence-electron chi connectivity index (χ2n) is 7.88. The molecule has 148 valence electrons. The molecule has 7 nitrogen and oxygen atoms in total. The first kappa shape index (κ1) is 18.1. The number of piperidine rings is 1. The number of amides is 1. The summed E-state index contributed by atoms with van der Waals surface area (Å²) >= 11 is 3.38. The highest BCUT2D eigenvalue weighted by molar-refractivity contribution is 9.10. The summed E-state index contributed by atoms with van der Waals surface area (Å²) in [6, 6.07) is 0. The van der Waals surface area contributed by atoms with Crippen LogP contribution in [0.25, 0.3) is 6.08 Å². The van der Waals surface area contributed by atoms with Crippen molar-refractivity contribution in [2.45, 2.75) is 38.0 Å². The van der Waals surface area contributed by atoms with Gasteiger partial charge in [-0.05, 0) is 60.8 Å². The molecule has 4 heterocycles. The van der Waals surface area contributed by atoms with E-state index in [1.807, 2.05) is 4.90 Å². The second-order valence-corrected chi connectivity index (χ2v) is 8.63. The number of hydrogen-bond acceptors (Lipinski definition) is 5. The van der Waals surface area contributed by atoms with Crippen LogP contribution in [0.5, 0.6) is 0 Å². The van der Waals surface area contributed by atoms with Gasteiger partial charge in [-0.2, -0.15) is 5.10 Å². The molecule has 1 saturated heterocycles. The molecule has 3 aliphatic rings. The summed E-state index contributed by atoms with van der Waals surface area (Å²) in [5.74, 6) is 1.53. The Labute approximate surface area is 172 Å². The summed E-state index contributed by atoms with van der Waals surface area (Å²) in [6.07, 6.45) is 9.40. The Hall–Kier alpha value is -1.93. The Kier molecular flexibility index (Phi) is 4.84. The van der Waals surface area contributed by atoms with E-state index in [1.54, 1.807) is 0 Å². The van der Waals surface area contributed by atoms with Gasteiger partial charge in [0.05, 0.1) is 17.0 Å². The lowest BCUT2D eigenvalue weighted by molar-refractivity contribution is 0.0709. The van der Waals surface area contributed by atoms with E-state index in [1.165, 1.54) is 11.3 Å². The van der Waals surface area contributed by atoms with Crippen LogP contribution in [0.1, 0.15) is 58.2 Å². The van der Waals surface area contributed by atoms with Crippen LogP contribution in [-0.2, 0) is 12.8 Å². The normalized spacial score (nSPS) is 20.5. The van der Waals surface area contributed by atoms with Crippen molar-refractivity contribution in [3.8, 4) is 0 Å². The minimum atomic E-state index is 0.0824. The molecule has 1 fully saturated rings. The van der Waals surface area contributed by atoms with Gasteiger partial charge in [0.15, 0.2) is 5.76 Å². The van der Waals surface area contributed by atoms with Crippen molar-refractivity contribution in [2.75, 3.05) is 32.7 Å². The summed E-state index contributed by atoms with van der Waals surface area (Å²) in [7, 11) is 0. The van der Waals surface area contributed by atoms with E-state index in [4.69, 9.17) is 4.52 Å². The first-order chi connectivity index (χ1) is 13.7. The number of rotatable bonds is 4. The molecule has 8 heteroatoms. The van der Waals surface area contributed by atoms with Crippen LogP contribution in [0.2, 0.25) is 0 Å². The average molecular weight is 446 g/mol. The number of aromatic nitrogens is 3. The number of halogens is 1. The summed E-state index contributed by atoms with van der Waals surface area (Å²) in [4.78, 5) is 17.1. The van der Waals surface area contributed by atoms with E-state index < -0.39 is 0 Å². The number of nitrogens with zero attached hydrogens (tertiary/aromatic N) is 4. The van der Waals surface area contributed by atoms with E-state index in [0.717, 1.165) is 76.3 Å². The first-order valence-corrected chi connectivity index (χ1v) is 10.9. The monoisotopic (exact) mass is 445 g/mol. The minimum absolute atomic E-state index is 0.0824. The lowest BCUT2D eigenvalue weighted by Gasteiger charge is -2.34. The highest BCUT2D eigenvalue weighted by Gasteiger charge is 2.30. The summed E-state index contributed by atoms with van der Waals surface area (Å²) in [5.41, 5.74) is 4.15. The predicted octanol–water partition coefficient (Wildman–Crippen LogP) is 3.00. The van der Waals surface area contributed by atoms with Crippen LogP contribution in [0.15, 0.2) is 15.2 Å². The first-order valence-electron chi connectivity index (χ1n) is 10.1. The van der Waals surface area contributed by atoms with Crippen molar-refractivity contribution in [2.24, 2.45) is 0 Å². The number of H-pyrrole nitrogens is 1. The molecule has 1 aliphatic carbocycles. The van der Waals surface area contributed by atoms with Crippen molar-refractivity contribution in [1.82, 2.24) is 25.2 Å². The molecule has 2 aliphatic heterocycles. The number of nitrogens with one attached hydrogen (secondary N) is 1. The van der Waals surface area contributed by atoms with Gasteiger partial charge in [0, 0.05) is 37.5 Å². The molecule has 28 heavy (non-hydrogen) atoms. The zero-order valence-corrected chi connectivity index (χ0v) is 17.4. The van der Waals surface area contributed by atoms with E-state index >= 15 is 0 Å². The molecular weight excluding hydrogens is 422 g/mol. The molecule has 1 amide bonds. The zero-order chi connectivity index (χ0) is 19.1. The number of carbonyl (C=O) groups is 1. The molecule has 0 radical (unpaired) electrons. The molecule has 0 bridgehead atoms. The van der Waals surface area contributed by atoms with Crippen molar-refractivity contribution >= 4 is 27.9 Å². The van der Waals surface area contributed by atoms with Gasteiger partial charge in [-0.1, -0.05) is 11.2 Å². The topological polar surface area (TPSA) is 78.3 Å². The quantitative estimate of drug-likeness (QED) is 0.782. The Morgan fingerprint density at radius 2 is 2.07 bits per heavy atom. The SMILES string of the molecule is O=C1c2c(Br)n[nH]c2CCN1CCN1CCC(c2noc3c2CCC=C3)CC1. The van der Waals surface area contributed by atoms with Gasteiger partial charge in [-0.3, -0.25) is 9.89 Å².